The number of aryl methyl sites for hydroxylation is 1. The predicted octanol–water partition coefficient (Wildman–Crippen LogP) is 2.02. The van der Waals surface area contributed by atoms with Crippen LogP contribution in [-0.2, 0) is 0 Å². The van der Waals surface area contributed by atoms with Gasteiger partial charge in [-0.3, -0.25) is 14.9 Å². The Bertz CT molecular complexity index is 523. The third-order valence-electron chi connectivity index (χ3n) is 2.08. The molecule has 0 aliphatic rings. The molecule has 16 heavy (non-hydrogen) atoms. The molecule has 0 aliphatic carbocycles. The number of rotatable bonds is 2. The first-order valence-electron chi connectivity index (χ1n) is 4.59. The van der Waals surface area contributed by atoms with E-state index in [-0.39, 0.29) is 5.91 Å². The van der Waals surface area contributed by atoms with Crippen LogP contribution >= 0.6 is 11.6 Å². The van der Waals surface area contributed by atoms with Crippen LogP contribution in [0.1, 0.15) is 15.9 Å². The highest BCUT2D eigenvalue weighted by Gasteiger charge is 2.11. The van der Waals surface area contributed by atoms with Gasteiger partial charge in [-0.15, -0.1) is 0 Å². The number of hydrogen-bond donors (Lipinski definition) is 2. The van der Waals surface area contributed by atoms with Crippen LogP contribution in [0.25, 0.3) is 0 Å². The molecular formula is C10H9ClN4O. The van der Waals surface area contributed by atoms with Gasteiger partial charge >= 0.3 is 0 Å². The van der Waals surface area contributed by atoms with Crippen molar-refractivity contribution in [1.29, 1.82) is 0 Å². The van der Waals surface area contributed by atoms with E-state index in [0.717, 1.165) is 5.56 Å². The number of H-pyrrole nitrogens is 1. The highest BCUT2D eigenvalue weighted by atomic mass is 35.5. The monoisotopic (exact) mass is 236 g/mol. The van der Waals surface area contributed by atoms with Gasteiger partial charge in [0.2, 0.25) is 0 Å². The van der Waals surface area contributed by atoms with Crippen LogP contribution in [0.4, 0.5) is 5.82 Å². The summed E-state index contributed by atoms with van der Waals surface area (Å²) in [5.74, 6) is 0.276. The molecule has 2 rings (SSSR count). The Morgan fingerprint density at radius 2 is 2.31 bits per heavy atom. The summed E-state index contributed by atoms with van der Waals surface area (Å²) in [7, 11) is 0. The Morgan fingerprint density at radius 3 is 2.94 bits per heavy atom. The molecule has 2 N–H and O–H groups in total. The van der Waals surface area contributed by atoms with Gasteiger partial charge in [0, 0.05) is 18.0 Å². The van der Waals surface area contributed by atoms with Gasteiger partial charge < -0.3 is 5.32 Å². The van der Waals surface area contributed by atoms with Crippen LogP contribution in [0.2, 0.25) is 5.02 Å². The Kier molecular flexibility index (Phi) is 2.87. The number of aromatic nitrogens is 3. The molecule has 2 aromatic heterocycles. The summed E-state index contributed by atoms with van der Waals surface area (Å²) >= 11 is 5.85. The molecule has 5 nitrogen and oxygen atoms in total. The van der Waals surface area contributed by atoms with E-state index in [1.807, 2.05) is 6.92 Å². The molecule has 0 spiro atoms. The second-order valence-electron chi connectivity index (χ2n) is 3.24. The Morgan fingerprint density at radius 1 is 1.50 bits per heavy atom. The van der Waals surface area contributed by atoms with Crippen LogP contribution in [0.5, 0.6) is 0 Å². The van der Waals surface area contributed by atoms with Crippen molar-refractivity contribution in [3.05, 3.63) is 40.8 Å². The maximum absolute atomic E-state index is 11.8. The fraction of sp³-hybridized carbons (Fsp3) is 0.100. The minimum atomic E-state index is -0.292. The average molecular weight is 237 g/mol. The second-order valence-corrected chi connectivity index (χ2v) is 3.64. The number of anilines is 1. The van der Waals surface area contributed by atoms with E-state index in [1.54, 1.807) is 12.3 Å². The number of pyridine rings is 1. The first kappa shape index (κ1) is 10.6. The highest BCUT2D eigenvalue weighted by molar-refractivity contribution is 6.34. The number of halogens is 1. The lowest BCUT2D eigenvalue weighted by atomic mass is 10.2. The fourth-order valence-corrected chi connectivity index (χ4v) is 1.42. The summed E-state index contributed by atoms with van der Waals surface area (Å²) in [5.41, 5.74) is 1.24. The number of aromatic amines is 1. The minimum absolute atomic E-state index is 0.292. The highest BCUT2D eigenvalue weighted by Crippen LogP contribution is 2.16. The second kappa shape index (κ2) is 4.32. The average Bonchev–Trinajstić information content (AvgIpc) is 2.65. The molecule has 0 fully saturated rings. The topological polar surface area (TPSA) is 70.7 Å². The van der Waals surface area contributed by atoms with Crippen LogP contribution in [-0.4, -0.2) is 21.1 Å². The summed E-state index contributed by atoms with van der Waals surface area (Å²) in [6, 6.07) is 1.56. The van der Waals surface area contributed by atoms with Crippen LogP contribution in [0, 0.1) is 6.92 Å². The summed E-state index contributed by atoms with van der Waals surface area (Å²) in [6.07, 6.45) is 4.57. The zero-order valence-corrected chi connectivity index (χ0v) is 9.25. The van der Waals surface area contributed by atoms with Crippen LogP contribution in [0.3, 0.4) is 0 Å². The van der Waals surface area contributed by atoms with Gasteiger partial charge in [0.15, 0.2) is 0 Å². The van der Waals surface area contributed by atoms with Gasteiger partial charge in [-0.25, -0.2) is 0 Å². The Labute approximate surface area is 96.8 Å². The normalized spacial score (nSPS) is 10.1. The van der Waals surface area contributed by atoms with Gasteiger partial charge in [-0.05, 0) is 13.0 Å². The van der Waals surface area contributed by atoms with Gasteiger partial charge in [-0.2, -0.15) is 5.10 Å². The van der Waals surface area contributed by atoms with Crippen molar-refractivity contribution < 1.29 is 4.79 Å². The molecular weight excluding hydrogens is 228 g/mol. The first-order valence-corrected chi connectivity index (χ1v) is 4.97. The van der Waals surface area contributed by atoms with E-state index >= 15 is 0 Å². The molecule has 1 amide bonds. The Balaban J connectivity index is 2.22. The Hall–Kier alpha value is -1.88. The SMILES string of the molecule is Cc1cn[nH]c1NC(=O)c1ccncc1Cl. The lowest BCUT2D eigenvalue weighted by Gasteiger charge is -2.04. The number of carbonyl (C=O) groups is 1. The third-order valence-corrected chi connectivity index (χ3v) is 2.39. The number of hydrogen-bond acceptors (Lipinski definition) is 3. The number of carbonyl (C=O) groups excluding carboxylic acids is 1. The largest absolute Gasteiger partial charge is 0.307 e. The zero-order chi connectivity index (χ0) is 11.5. The van der Waals surface area contributed by atoms with Gasteiger partial charge in [0.25, 0.3) is 5.91 Å². The van der Waals surface area contributed by atoms with E-state index < -0.39 is 0 Å². The molecule has 0 aromatic carbocycles. The van der Waals surface area contributed by atoms with E-state index in [0.29, 0.717) is 16.4 Å². The maximum atomic E-state index is 11.8. The number of nitrogens with zero attached hydrogens (tertiary/aromatic N) is 2. The van der Waals surface area contributed by atoms with Crippen molar-refractivity contribution in [1.82, 2.24) is 15.2 Å². The molecule has 0 atom stereocenters. The lowest BCUT2D eigenvalue weighted by molar-refractivity contribution is 0.102. The van der Waals surface area contributed by atoms with Gasteiger partial charge in [0.05, 0.1) is 16.8 Å². The van der Waals surface area contributed by atoms with Crippen molar-refractivity contribution in [2.24, 2.45) is 0 Å². The molecule has 6 heteroatoms. The van der Waals surface area contributed by atoms with Gasteiger partial charge in [-0.1, -0.05) is 11.6 Å². The van der Waals surface area contributed by atoms with Crippen molar-refractivity contribution in [3.8, 4) is 0 Å². The van der Waals surface area contributed by atoms with Crippen LogP contribution in [0.15, 0.2) is 24.7 Å². The summed E-state index contributed by atoms with van der Waals surface area (Å²) in [5, 5.41) is 9.49. The van der Waals surface area contributed by atoms with Crippen molar-refractivity contribution >= 4 is 23.3 Å². The predicted molar refractivity (Wildman–Crippen MR) is 60.5 cm³/mol. The van der Waals surface area contributed by atoms with Crippen molar-refractivity contribution in [2.45, 2.75) is 6.92 Å². The molecule has 0 saturated carbocycles. The molecule has 82 valence electrons. The molecule has 0 unspecified atom stereocenters. The standard InChI is InChI=1S/C10H9ClN4O/c1-6-4-13-15-9(6)14-10(16)7-2-3-12-5-8(7)11/h2-5H,1H3,(H2,13,14,15,16). The van der Waals surface area contributed by atoms with Gasteiger partial charge in [0.1, 0.15) is 5.82 Å². The maximum Gasteiger partial charge on any atom is 0.258 e. The fourth-order valence-electron chi connectivity index (χ4n) is 1.21. The zero-order valence-electron chi connectivity index (χ0n) is 8.49. The minimum Gasteiger partial charge on any atom is -0.307 e. The molecule has 0 radical (unpaired) electrons. The molecule has 2 heterocycles. The van der Waals surface area contributed by atoms with E-state index in [4.69, 9.17) is 11.6 Å². The third kappa shape index (κ3) is 2.04. The molecule has 0 aliphatic heterocycles. The van der Waals surface area contributed by atoms with E-state index in [2.05, 4.69) is 20.5 Å². The molecule has 2 aromatic rings. The van der Waals surface area contributed by atoms with Crippen molar-refractivity contribution in [3.63, 3.8) is 0 Å². The van der Waals surface area contributed by atoms with E-state index in [1.165, 1.54) is 12.4 Å². The van der Waals surface area contributed by atoms with E-state index in [9.17, 15) is 4.79 Å². The number of amides is 1. The first-order chi connectivity index (χ1) is 7.68. The molecule has 0 bridgehead atoms. The van der Waals surface area contributed by atoms with Crippen molar-refractivity contribution in [2.75, 3.05) is 5.32 Å². The smallest absolute Gasteiger partial charge is 0.258 e. The van der Waals surface area contributed by atoms with Crippen LogP contribution < -0.4 is 5.32 Å². The lowest BCUT2D eigenvalue weighted by Crippen LogP contribution is -2.13. The summed E-state index contributed by atoms with van der Waals surface area (Å²) in [4.78, 5) is 15.6. The summed E-state index contributed by atoms with van der Waals surface area (Å²) < 4.78 is 0. The quantitative estimate of drug-likeness (QED) is 0.838. The molecule has 0 saturated heterocycles. The summed E-state index contributed by atoms with van der Waals surface area (Å²) in [6.45, 7) is 1.84. The number of nitrogens with one attached hydrogen (secondary N) is 2.